The first-order valence-corrected chi connectivity index (χ1v) is 8.10. The van der Waals surface area contributed by atoms with Crippen molar-refractivity contribution in [3.8, 4) is 0 Å². The van der Waals surface area contributed by atoms with Gasteiger partial charge in [0.25, 0.3) is 0 Å². The van der Waals surface area contributed by atoms with Gasteiger partial charge in [-0.15, -0.1) is 24.0 Å². The third-order valence-electron chi connectivity index (χ3n) is 3.01. The molecule has 0 rings (SSSR count). The molecule has 0 saturated carbocycles. The predicted molar refractivity (Wildman–Crippen MR) is 106 cm³/mol. The Morgan fingerprint density at radius 2 is 1.82 bits per heavy atom. The lowest BCUT2D eigenvalue weighted by Crippen LogP contribution is -2.43. The number of rotatable bonds is 8. The lowest BCUT2D eigenvalue weighted by atomic mass is 9.89. The molecule has 0 aliphatic rings. The van der Waals surface area contributed by atoms with E-state index in [4.69, 9.17) is 0 Å². The number of hydrogen-bond acceptors (Lipinski definition) is 2. The first-order valence-electron chi connectivity index (χ1n) is 8.10. The highest BCUT2D eigenvalue weighted by Gasteiger charge is 2.13. The number of aliphatic imine (C=N–C) groups is 1. The molecule has 5 nitrogen and oxygen atoms in total. The minimum Gasteiger partial charge on any atom is -0.357 e. The van der Waals surface area contributed by atoms with Gasteiger partial charge in [-0.1, -0.05) is 27.7 Å². The Hall–Kier alpha value is -0.530. The third-order valence-corrected chi connectivity index (χ3v) is 3.01. The van der Waals surface area contributed by atoms with Gasteiger partial charge in [-0.2, -0.15) is 0 Å². The number of carbonyl (C=O) groups excluding carboxylic acids is 1. The van der Waals surface area contributed by atoms with Crippen LogP contribution in [0.3, 0.4) is 0 Å². The molecule has 0 fully saturated rings. The molecule has 0 aromatic heterocycles. The lowest BCUT2D eigenvalue weighted by Gasteiger charge is -2.23. The van der Waals surface area contributed by atoms with Gasteiger partial charge in [-0.3, -0.25) is 4.79 Å². The summed E-state index contributed by atoms with van der Waals surface area (Å²) in [5.74, 6) is 0.682. The van der Waals surface area contributed by atoms with Gasteiger partial charge in [0.05, 0.1) is 0 Å². The van der Waals surface area contributed by atoms with Gasteiger partial charge in [-0.25, -0.2) is 4.99 Å². The Morgan fingerprint density at radius 3 is 2.32 bits per heavy atom. The molecule has 0 bridgehead atoms. The highest BCUT2D eigenvalue weighted by molar-refractivity contribution is 14.0. The van der Waals surface area contributed by atoms with E-state index < -0.39 is 0 Å². The summed E-state index contributed by atoms with van der Waals surface area (Å²) in [6, 6.07) is 0.334. The number of halogens is 1. The van der Waals surface area contributed by atoms with Gasteiger partial charge < -0.3 is 16.0 Å². The number of nitrogens with zero attached hydrogens (tertiary/aromatic N) is 1. The summed E-state index contributed by atoms with van der Waals surface area (Å²) in [6.07, 6.45) is 3.17. The highest BCUT2D eigenvalue weighted by Crippen LogP contribution is 2.21. The molecule has 0 spiro atoms. The molecule has 132 valence electrons. The van der Waals surface area contributed by atoms with Crippen molar-refractivity contribution in [1.29, 1.82) is 0 Å². The second-order valence-corrected chi connectivity index (χ2v) is 6.69. The zero-order chi connectivity index (χ0) is 16.3. The molecular formula is C16H35IN4O. The highest BCUT2D eigenvalue weighted by atomic mass is 127. The Labute approximate surface area is 153 Å². The number of carbonyl (C=O) groups is 1. The van der Waals surface area contributed by atoms with E-state index in [1.54, 1.807) is 0 Å². The topological polar surface area (TPSA) is 65.5 Å². The van der Waals surface area contributed by atoms with Crippen molar-refractivity contribution in [3.05, 3.63) is 0 Å². The van der Waals surface area contributed by atoms with E-state index in [-0.39, 0.29) is 36.4 Å². The van der Waals surface area contributed by atoms with Crippen molar-refractivity contribution in [2.45, 2.75) is 66.8 Å². The van der Waals surface area contributed by atoms with E-state index >= 15 is 0 Å². The summed E-state index contributed by atoms with van der Waals surface area (Å²) >= 11 is 0. The van der Waals surface area contributed by atoms with Crippen molar-refractivity contribution in [3.63, 3.8) is 0 Å². The summed E-state index contributed by atoms with van der Waals surface area (Å²) in [7, 11) is 0. The minimum atomic E-state index is -0.0311. The van der Waals surface area contributed by atoms with Gasteiger partial charge in [0.15, 0.2) is 5.96 Å². The van der Waals surface area contributed by atoms with E-state index in [2.05, 4.69) is 48.6 Å². The van der Waals surface area contributed by atoms with E-state index in [0.717, 1.165) is 25.8 Å². The van der Waals surface area contributed by atoms with Crippen molar-refractivity contribution >= 4 is 35.8 Å². The van der Waals surface area contributed by atoms with Crippen LogP contribution in [0.4, 0.5) is 0 Å². The molecule has 0 aromatic carbocycles. The van der Waals surface area contributed by atoms with Crippen molar-refractivity contribution in [1.82, 2.24) is 16.0 Å². The van der Waals surface area contributed by atoms with Crippen molar-refractivity contribution in [2.75, 3.05) is 19.6 Å². The fraction of sp³-hybridized carbons (Fsp3) is 0.875. The quantitative estimate of drug-likeness (QED) is 0.318. The molecule has 0 aliphatic carbocycles. The average molecular weight is 426 g/mol. The molecule has 0 heterocycles. The second-order valence-electron chi connectivity index (χ2n) is 6.69. The van der Waals surface area contributed by atoms with Crippen LogP contribution in [0.2, 0.25) is 0 Å². The Kier molecular flexibility index (Phi) is 14.0. The molecule has 6 heteroatoms. The van der Waals surface area contributed by atoms with E-state index in [1.807, 2.05) is 13.8 Å². The molecule has 0 radical (unpaired) electrons. The molecule has 0 aliphatic heterocycles. The van der Waals surface area contributed by atoms with Crippen molar-refractivity contribution in [2.24, 2.45) is 10.4 Å². The predicted octanol–water partition coefficient (Wildman–Crippen LogP) is 2.90. The van der Waals surface area contributed by atoms with Gasteiger partial charge in [0.1, 0.15) is 6.54 Å². The molecular weight excluding hydrogens is 391 g/mol. The smallest absolute Gasteiger partial charge is 0.241 e. The largest absolute Gasteiger partial charge is 0.357 e. The Balaban J connectivity index is 0. The SMILES string of the molecule is CCCNC(=O)CN=C(NCC)NC(C)CCC(C)(C)C.I. The number of amides is 1. The van der Waals surface area contributed by atoms with Gasteiger partial charge >= 0.3 is 0 Å². The number of hydrogen-bond donors (Lipinski definition) is 3. The molecule has 1 unspecified atom stereocenters. The van der Waals surface area contributed by atoms with E-state index in [1.165, 1.54) is 0 Å². The van der Waals surface area contributed by atoms with Crippen LogP contribution in [0.5, 0.6) is 0 Å². The molecule has 22 heavy (non-hydrogen) atoms. The molecule has 0 saturated heterocycles. The second kappa shape index (κ2) is 13.0. The summed E-state index contributed by atoms with van der Waals surface area (Å²) in [6.45, 7) is 14.6. The summed E-state index contributed by atoms with van der Waals surface area (Å²) in [5.41, 5.74) is 0.339. The monoisotopic (exact) mass is 426 g/mol. The summed E-state index contributed by atoms with van der Waals surface area (Å²) in [4.78, 5) is 15.9. The Morgan fingerprint density at radius 1 is 1.18 bits per heavy atom. The minimum absolute atomic E-state index is 0. The number of nitrogens with one attached hydrogen (secondary N) is 3. The third kappa shape index (κ3) is 14.4. The molecule has 0 aromatic rings. The van der Waals surface area contributed by atoms with Gasteiger partial charge in [-0.05, 0) is 38.5 Å². The van der Waals surface area contributed by atoms with E-state index in [9.17, 15) is 4.79 Å². The van der Waals surface area contributed by atoms with Crippen LogP contribution in [0.1, 0.15) is 60.8 Å². The first kappa shape index (κ1) is 23.7. The number of guanidine groups is 1. The summed E-state index contributed by atoms with van der Waals surface area (Å²) < 4.78 is 0. The van der Waals surface area contributed by atoms with Gasteiger partial charge in [0, 0.05) is 19.1 Å². The van der Waals surface area contributed by atoms with Crippen LogP contribution < -0.4 is 16.0 Å². The molecule has 1 atom stereocenters. The zero-order valence-corrected chi connectivity index (χ0v) is 17.4. The van der Waals surface area contributed by atoms with Crippen LogP contribution in [0, 0.1) is 5.41 Å². The van der Waals surface area contributed by atoms with Gasteiger partial charge in [0.2, 0.25) is 5.91 Å². The Bertz CT molecular complexity index is 327. The molecule has 1 amide bonds. The summed E-state index contributed by atoms with van der Waals surface area (Å²) in [5, 5.41) is 9.37. The maximum Gasteiger partial charge on any atom is 0.241 e. The fourth-order valence-corrected chi connectivity index (χ4v) is 1.75. The van der Waals surface area contributed by atoms with E-state index in [0.29, 0.717) is 24.0 Å². The van der Waals surface area contributed by atoms with Crippen LogP contribution in [-0.2, 0) is 4.79 Å². The average Bonchev–Trinajstić information content (AvgIpc) is 2.39. The maximum absolute atomic E-state index is 11.6. The fourth-order valence-electron chi connectivity index (χ4n) is 1.75. The van der Waals surface area contributed by atoms with Crippen LogP contribution in [-0.4, -0.2) is 37.5 Å². The van der Waals surface area contributed by atoms with Crippen LogP contribution in [0.15, 0.2) is 4.99 Å². The van der Waals surface area contributed by atoms with Crippen LogP contribution >= 0.6 is 24.0 Å². The maximum atomic E-state index is 11.6. The van der Waals surface area contributed by atoms with Crippen molar-refractivity contribution < 1.29 is 4.79 Å². The van der Waals surface area contributed by atoms with Crippen LogP contribution in [0.25, 0.3) is 0 Å². The standard InChI is InChI=1S/C16H34N4O.HI/c1-7-11-18-14(21)12-19-15(17-8-2)20-13(3)9-10-16(4,5)6;/h13H,7-12H2,1-6H3,(H,18,21)(H2,17,19,20);1H. The first-order chi connectivity index (χ1) is 9.78. The zero-order valence-electron chi connectivity index (χ0n) is 15.1. The normalized spacial score (nSPS) is 13.1. The molecule has 3 N–H and O–H groups in total. The lowest BCUT2D eigenvalue weighted by molar-refractivity contribution is -0.119.